The molecule has 3 N–H and O–H groups in total. The molecule has 0 fully saturated rings. The molecule has 150 valence electrons. The fourth-order valence-electron chi connectivity index (χ4n) is 3.49. The number of nitrogens with two attached hydrogens (primary N) is 1. The number of carbonyl (C=O) groups excluding carboxylic acids is 2. The molecule has 7 nitrogen and oxygen atoms in total. The number of anilines is 3. The second kappa shape index (κ2) is 7.64. The van der Waals surface area contributed by atoms with Gasteiger partial charge in [0.15, 0.2) is 5.16 Å². The van der Waals surface area contributed by atoms with Gasteiger partial charge in [-0.05, 0) is 38.5 Å². The topological polar surface area (TPSA) is 101 Å². The van der Waals surface area contributed by atoms with Crippen LogP contribution in [0.2, 0.25) is 0 Å². The van der Waals surface area contributed by atoms with Gasteiger partial charge in [-0.1, -0.05) is 23.9 Å². The maximum atomic E-state index is 13.1. The molecule has 0 unspecified atom stereocenters. The van der Waals surface area contributed by atoms with Gasteiger partial charge in [0.2, 0.25) is 11.8 Å². The number of amides is 2. The number of aromatic nitrogens is 2. The smallest absolute Gasteiger partial charge is 0.237 e. The van der Waals surface area contributed by atoms with Gasteiger partial charge in [0.25, 0.3) is 0 Å². The minimum Gasteiger partial charge on any atom is -0.383 e. The van der Waals surface area contributed by atoms with Crippen molar-refractivity contribution < 1.29 is 9.59 Å². The van der Waals surface area contributed by atoms with Crippen molar-refractivity contribution in [3.05, 3.63) is 34.7 Å². The summed E-state index contributed by atoms with van der Waals surface area (Å²) in [4.78, 5) is 37.8. The molecule has 1 atom stereocenters. The Kier molecular flexibility index (Phi) is 5.18. The number of carbonyl (C=O) groups is 2. The highest BCUT2D eigenvalue weighted by Crippen LogP contribution is 2.35. The first-order chi connectivity index (χ1) is 13.8. The van der Waals surface area contributed by atoms with E-state index < -0.39 is 0 Å². The van der Waals surface area contributed by atoms with Crippen molar-refractivity contribution >= 4 is 62.3 Å². The summed E-state index contributed by atoms with van der Waals surface area (Å²) in [6, 6.07) is 7.09. The third-order valence-corrected chi connectivity index (χ3v) is 6.92. The van der Waals surface area contributed by atoms with Crippen molar-refractivity contribution in [1.29, 1.82) is 0 Å². The fraction of sp³-hybridized carbons (Fsp3) is 0.300. The number of aryl methyl sites for hydroxylation is 2. The molecule has 29 heavy (non-hydrogen) atoms. The Balaban J connectivity index is 1.58. The van der Waals surface area contributed by atoms with Gasteiger partial charge in [0.05, 0.1) is 22.5 Å². The molecule has 1 aromatic carbocycles. The molecule has 3 aromatic rings. The second-order valence-electron chi connectivity index (χ2n) is 7.03. The molecule has 0 bridgehead atoms. The number of benzene rings is 1. The molecule has 0 saturated carbocycles. The number of hydrogen-bond acceptors (Lipinski definition) is 7. The van der Waals surface area contributed by atoms with Gasteiger partial charge < -0.3 is 16.0 Å². The monoisotopic (exact) mass is 427 g/mol. The van der Waals surface area contributed by atoms with Gasteiger partial charge in [-0.15, -0.1) is 11.3 Å². The van der Waals surface area contributed by atoms with Crippen molar-refractivity contribution in [2.45, 2.75) is 38.4 Å². The quantitative estimate of drug-likeness (QED) is 0.488. The van der Waals surface area contributed by atoms with E-state index in [-0.39, 0.29) is 30.0 Å². The van der Waals surface area contributed by atoms with E-state index >= 15 is 0 Å². The zero-order valence-electron chi connectivity index (χ0n) is 16.4. The maximum Gasteiger partial charge on any atom is 0.237 e. The highest BCUT2D eigenvalue weighted by atomic mass is 32.2. The molecule has 0 saturated heterocycles. The van der Waals surface area contributed by atoms with Crippen molar-refractivity contribution in [3.8, 4) is 0 Å². The molecule has 1 aliphatic rings. The normalized spacial score (nSPS) is 16.4. The lowest BCUT2D eigenvalue weighted by Gasteiger charge is -2.27. The molecule has 1 aliphatic heterocycles. The van der Waals surface area contributed by atoms with Crippen molar-refractivity contribution in [3.63, 3.8) is 0 Å². The van der Waals surface area contributed by atoms with Crippen molar-refractivity contribution in [1.82, 2.24) is 9.97 Å². The Morgan fingerprint density at radius 1 is 1.34 bits per heavy atom. The molecule has 0 radical (unpaired) electrons. The predicted molar refractivity (Wildman–Crippen MR) is 119 cm³/mol. The van der Waals surface area contributed by atoms with Crippen LogP contribution in [0.4, 0.5) is 17.2 Å². The molecule has 2 amide bonds. The zero-order chi connectivity index (χ0) is 20.7. The molecular formula is C20H21N5O2S2. The van der Waals surface area contributed by atoms with Gasteiger partial charge in [-0.3, -0.25) is 9.59 Å². The first-order valence-electron chi connectivity index (χ1n) is 9.22. The summed E-state index contributed by atoms with van der Waals surface area (Å²) in [6.07, 6.45) is 0.244. The van der Waals surface area contributed by atoms with E-state index in [9.17, 15) is 9.59 Å². The standard InChI is InChI=1S/C20H21N5O2S2/c1-10-8-15(26)22-13-6-4-5-7-14(13)25(10)16(27)9-28-20-23-18(21)17-11(2)12(3)29-19(17)24-20/h4-7,10H,8-9H2,1-3H3,(H,22,26)(H2,21,23,24)/t10-/m0/s1. The number of rotatable bonds is 3. The van der Waals surface area contributed by atoms with Gasteiger partial charge >= 0.3 is 0 Å². The summed E-state index contributed by atoms with van der Waals surface area (Å²) < 4.78 is 0. The minimum atomic E-state index is -0.247. The molecule has 0 aliphatic carbocycles. The van der Waals surface area contributed by atoms with E-state index in [0.717, 1.165) is 20.7 Å². The minimum absolute atomic E-state index is 0.0992. The highest BCUT2D eigenvalue weighted by Gasteiger charge is 2.29. The summed E-state index contributed by atoms with van der Waals surface area (Å²) in [7, 11) is 0. The zero-order valence-corrected chi connectivity index (χ0v) is 18.0. The molecule has 3 heterocycles. The fourth-order valence-corrected chi connectivity index (χ4v) is 5.29. The van der Waals surface area contributed by atoms with E-state index in [1.54, 1.807) is 22.3 Å². The van der Waals surface area contributed by atoms with E-state index in [0.29, 0.717) is 22.3 Å². The van der Waals surface area contributed by atoms with E-state index in [2.05, 4.69) is 15.3 Å². The Morgan fingerprint density at radius 3 is 2.90 bits per heavy atom. The summed E-state index contributed by atoms with van der Waals surface area (Å²) in [5, 5.41) is 4.24. The first kappa shape index (κ1) is 19.7. The van der Waals surface area contributed by atoms with Crippen LogP contribution in [0.3, 0.4) is 0 Å². The number of thiophene rings is 1. The third-order valence-electron chi connectivity index (χ3n) is 4.99. The Labute approximate surface area is 176 Å². The Morgan fingerprint density at radius 2 is 2.10 bits per heavy atom. The summed E-state index contributed by atoms with van der Waals surface area (Å²) in [5.74, 6) is 0.390. The van der Waals surface area contributed by atoms with Gasteiger partial charge in [-0.2, -0.15) is 0 Å². The molecule has 2 aromatic heterocycles. The number of fused-ring (bicyclic) bond motifs is 2. The second-order valence-corrected chi connectivity index (χ2v) is 9.17. The van der Waals surface area contributed by atoms with E-state index in [1.165, 1.54) is 11.8 Å². The number of nitrogens with zero attached hydrogens (tertiary/aromatic N) is 3. The number of nitrogen functional groups attached to an aromatic ring is 1. The van der Waals surface area contributed by atoms with Gasteiger partial charge in [-0.25, -0.2) is 9.97 Å². The van der Waals surface area contributed by atoms with Crippen molar-refractivity contribution in [2.24, 2.45) is 0 Å². The first-order valence-corrected chi connectivity index (χ1v) is 11.0. The largest absolute Gasteiger partial charge is 0.383 e. The molecule has 9 heteroatoms. The van der Waals surface area contributed by atoms with E-state index in [1.807, 2.05) is 39.0 Å². The lowest BCUT2D eigenvalue weighted by Crippen LogP contribution is -2.40. The average Bonchev–Trinajstić information content (AvgIpc) is 2.87. The Bertz CT molecular complexity index is 1130. The lowest BCUT2D eigenvalue weighted by molar-refractivity contribution is -0.117. The van der Waals surface area contributed by atoms with Crippen LogP contribution in [0.15, 0.2) is 29.4 Å². The van der Waals surface area contributed by atoms with Crippen LogP contribution in [0, 0.1) is 13.8 Å². The highest BCUT2D eigenvalue weighted by molar-refractivity contribution is 7.99. The SMILES string of the molecule is Cc1sc2nc(SCC(=O)N3c4ccccc4NC(=O)C[C@@H]3C)nc(N)c2c1C. The van der Waals surface area contributed by atoms with Crippen LogP contribution in [0.25, 0.3) is 10.2 Å². The number of para-hydroxylation sites is 2. The predicted octanol–water partition coefficient (Wildman–Crippen LogP) is 3.75. The average molecular weight is 428 g/mol. The number of thioether (sulfide) groups is 1. The van der Waals surface area contributed by atoms with Gasteiger partial charge in [0, 0.05) is 17.3 Å². The summed E-state index contributed by atoms with van der Waals surface area (Å²) in [5.41, 5.74) is 8.59. The van der Waals surface area contributed by atoms with Crippen LogP contribution in [0.5, 0.6) is 0 Å². The van der Waals surface area contributed by atoms with E-state index in [4.69, 9.17) is 5.73 Å². The number of hydrogen-bond donors (Lipinski definition) is 2. The molecule has 4 rings (SSSR count). The van der Waals surface area contributed by atoms with Crippen LogP contribution < -0.4 is 16.0 Å². The third kappa shape index (κ3) is 3.67. The Hall–Kier alpha value is -2.65. The molecule has 0 spiro atoms. The maximum absolute atomic E-state index is 13.1. The van der Waals surface area contributed by atoms with Crippen LogP contribution >= 0.6 is 23.1 Å². The molecular weight excluding hydrogens is 406 g/mol. The summed E-state index contributed by atoms with van der Waals surface area (Å²) >= 11 is 2.84. The van der Waals surface area contributed by atoms with Crippen molar-refractivity contribution in [2.75, 3.05) is 21.7 Å². The van der Waals surface area contributed by atoms with Crippen LogP contribution in [0.1, 0.15) is 23.8 Å². The summed E-state index contributed by atoms with van der Waals surface area (Å²) in [6.45, 7) is 5.92. The lowest BCUT2D eigenvalue weighted by atomic mass is 10.2. The number of nitrogens with one attached hydrogen (secondary N) is 1. The van der Waals surface area contributed by atoms with Gasteiger partial charge in [0.1, 0.15) is 10.6 Å². The van der Waals surface area contributed by atoms with Crippen LogP contribution in [-0.4, -0.2) is 33.6 Å². The van der Waals surface area contributed by atoms with Crippen LogP contribution in [-0.2, 0) is 9.59 Å².